The Bertz CT molecular complexity index is 705. The van der Waals surface area contributed by atoms with Crippen molar-refractivity contribution in [2.45, 2.75) is 50.7 Å². The quantitative estimate of drug-likeness (QED) is 0.707. The van der Waals surface area contributed by atoms with Crippen molar-refractivity contribution in [1.29, 1.82) is 0 Å². The second kappa shape index (κ2) is 9.67. The standard InChI is InChI=1S/C23H30N2O2/c1-18(20-10-6-3-7-11-20)25-15-14-22(17-25)24-21(12-13-23(26)27)16-19-8-4-2-5-9-19/h2-11,18,21-22,24H,12-17H2,1H3,(H,26,27). The highest BCUT2D eigenvalue weighted by Gasteiger charge is 2.28. The van der Waals surface area contributed by atoms with E-state index in [0.717, 1.165) is 25.9 Å². The number of hydrogen-bond acceptors (Lipinski definition) is 3. The number of carboxylic acid groups (broad SMARTS) is 1. The molecule has 0 aliphatic carbocycles. The first-order valence-electron chi connectivity index (χ1n) is 9.92. The Morgan fingerprint density at radius 2 is 1.81 bits per heavy atom. The number of aliphatic carboxylic acids is 1. The third-order valence-electron chi connectivity index (χ3n) is 5.55. The number of hydrogen-bond donors (Lipinski definition) is 2. The Labute approximate surface area is 162 Å². The fourth-order valence-corrected chi connectivity index (χ4v) is 3.99. The van der Waals surface area contributed by atoms with Crippen molar-refractivity contribution in [1.82, 2.24) is 10.2 Å². The van der Waals surface area contributed by atoms with Gasteiger partial charge in [-0.3, -0.25) is 9.69 Å². The number of carboxylic acids is 1. The molecule has 1 aliphatic rings. The van der Waals surface area contributed by atoms with Crippen LogP contribution in [0.25, 0.3) is 0 Å². The van der Waals surface area contributed by atoms with Crippen LogP contribution in [0.3, 0.4) is 0 Å². The predicted octanol–water partition coefficient (Wildman–Crippen LogP) is 3.89. The van der Waals surface area contributed by atoms with Crippen LogP contribution >= 0.6 is 0 Å². The number of likely N-dealkylation sites (tertiary alicyclic amines) is 1. The van der Waals surface area contributed by atoms with E-state index in [1.807, 2.05) is 18.2 Å². The summed E-state index contributed by atoms with van der Waals surface area (Å²) in [5.41, 5.74) is 2.61. The maximum absolute atomic E-state index is 11.1. The van der Waals surface area contributed by atoms with E-state index in [1.54, 1.807) is 0 Å². The molecular formula is C23H30N2O2. The lowest BCUT2D eigenvalue weighted by molar-refractivity contribution is -0.137. The summed E-state index contributed by atoms with van der Waals surface area (Å²) in [6.45, 7) is 4.35. The van der Waals surface area contributed by atoms with Crippen molar-refractivity contribution in [3.63, 3.8) is 0 Å². The Kier molecular flexibility index (Phi) is 7.02. The summed E-state index contributed by atoms with van der Waals surface area (Å²) in [6.07, 6.45) is 2.85. The van der Waals surface area contributed by atoms with Crippen LogP contribution in [-0.2, 0) is 11.2 Å². The zero-order chi connectivity index (χ0) is 19.1. The fourth-order valence-electron chi connectivity index (χ4n) is 3.99. The zero-order valence-electron chi connectivity index (χ0n) is 16.1. The Balaban J connectivity index is 1.57. The van der Waals surface area contributed by atoms with E-state index in [-0.39, 0.29) is 12.5 Å². The first-order valence-corrected chi connectivity index (χ1v) is 9.92. The molecule has 3 atom stereocenters. The lowest BCUT2D eigenvalue weighted by Crippen LogP contribution is -2.41. The topological polar surface area (TPSA) is 52.6 Å². The van der Waals surface area contributed by atoms with Crippen molar-refractivity contribution in [2.24, 2.45) is 0 Å². The molecule has 2 aromatic rings. The van der Waals surface area contributed by atoms with Gasteiger partial charge in [0.25, 0.3) is 0 Å². The van der Waals surface area contributed by atoms with Gasteiger partial charge in [0.1, 0.15) is 0 Å². The minimum absolute atomic E-state index is 0.195. The average Bonchev–Trinajstić information content (AvgIpc) is 3.15. The predicted molar refractivity (Wildman–Crippen MR) is 109 cm³/mol. The number of nitrogens with zero attached hydrogens (tertiary/aromatic N) is 1. The molecule has 2 aromatic carbocycles. The number of rotatable bonds is 9. The van der Waals surface area contributed by atoms with E-state index in [9.17, 15) is 4.79 Å². The van der Waals surface area contributed by atoms with Crippen LogP contribution in [0.15, 0.2) is 60.7 Å². The molecule has 0 amide bonds. The molecule has 0 radical (unpaired) electrons. The highest BCUT2D eigenvalue weighted by molar-refractivity contribution is 5.66. The van der Waals surface area contributed by atoms with Crippen LogP contribution in [0.4, 0.5) is 0 Å². The number of benzene rings is 2. The molecule has 1 fully saturated rings. The van der Waals surface area contributed by atoms with E-state index in [2.05, 4.69) is 59.6 Å². The molecule has 3 rings (SSSR count). The van der Waals surface area contributed by atoms with Gasteiger partial charge in [0.05, 0.1) is 0 Å². The monoisotopic (exact) mass is 366 g/mol. The van der Waals surface area contributed by atoms with Gasteiger partial charge in [-0.05, 0) is 37.3 Å². The van der Waals surface area contributed by atoms with Crippen molar-refractivity contribution >= 4 is 5.97 Å². The highest BCUT2D eigenvalue weighted by Crippen LogP contribution is 2.25. The zero-order valence-corrected chi connectivity index (χ0v) is 16.1. The maximum Gasteiger partial charge on any atom is 0.303 e. The summed E-state index contributed by atoms with van der Waals surface area (Å²) in [4.78, 5) is 13.6. The van der Waals surface area contributed by atoms with Gasteiger partial charge in [-0.25, -0.2) is 0 Å². The fraction of sp³-hybridized carbons (Fsp3) is 0.435. The second-order valence-electron chi connectivity index (χ2n) is 7.55. The third-order valence-corrected chi connectivity index (χ3v) is 5.55. The number of nitrogens with one attached hydrogen (secondary N) is 1. The maximum atomic E-state index is 11.1. The molecule has 0 bridgehead atoms. The molecular weight excluding hydrogens is 336 g/mol. The summed E-state index contributed by atoms with van der Waals surface area (Å²) in [6, 6.07) is 22.0. The Hall–Kier alpha value is -2.17. The SMILES string of the molecule is CC(c1ccccc1)N1CCC(NC(CCC(=O)O)Cc2ccccc2)C1. The molecule has 1 heterocycles. The first kappa shape index (κ1) is 19.6. The molecule has 4 nitrogen and oxygen atoms in total. The van der Waals surface area contributed by atoms with E-state index < -0.39 is 5.97 Å². The van der Waals surface area contributed by atoms with Gasteiger partial charge in [-0.1, -0.05) is 60.7 Å². The largest absolute Gasteiger partial charge is 0.481 e. The Morgan fingerprint density at radius 3 is 2.48 bits per heavy atom. The van der Waals surface area contributed by atoms with Gasteiger partial charge in [0, 0.05) is 37.6 Å². The van der Waals surface area contributed by atoms with Gasteiger partial charge in [0.15, 0.2) is 0 Å². The van der Waals surface area contributed by atoms with Crippen LogP contribution in [-0.4, -0.2) is 41.1 Å². The minimum Gasteiger partial charge on any atom is -0.481 e. The van der Waals surface area contributed by atoms with Crippen molar-refractivity contribution in [3.8, 4) is 0 Å². The summed E-state index contributed by atoms with van der Waals surface area (Å²) in [5.74, 6) is -0.722. The van der Waals surface area contributed by atoms with E-state index in [4.69, 9.17) is 5.11 Å². The van der Waals surface area contributed by atoms with E-state index >= 15 is 0 Å². The van der Waals surface area contributed by atoms with Crippen LogP contribution in [0, 0.1) is 0 Å². The third kappa shape index (κ3) is 5.91. The summed E-state index contributed by atoms with van der Waals surface area (Å²) in [5, 5.41) is 12.8. The molecule has 2 N–H and O–H groups in total. The normalized spacial score (nSPS) is 19.7. The van der Waals surface area contributed by atoms with Crippen LogP contribution in [0.1, 0.15) is 43.4 Å². The van der Waals surface area contributed by atoms with E-state index in [1.165, 1.54) is 11.1 Å². The van der Waals surface area contributed by atoms with Crippen molar-refractivity contribution in [2.75, 3.05) is 13.1 Å². The molecule has 0 saturated carbocycles. The molecule has 3 unspecified atom stereocenters. The van der Waals surface area contributed by atoms with Crippen molar-refractivity contribution in [3.05, 3.63) is 71.8 Å². The van der Waals surface area contributed by atoms with Gasteiger partial charge in [-0.2, -0.15) is 0 Å². The molecule has 1 saturated heterocycles. The smallest absolute Gasteiger partial charge is 0.303 e. The number of carbonyl (C=O) groups is 1. The average molecular weight is 367 g/mol. The second-order valence-corrected chi connectivity index (χ2v) is 7.55. The van der Waals surface area contributed by atoms with E-state index in [0.29, 0.717) is 18.5 Å². The van der Waals surface area contributed by atoms with Crippen LogP contribution in [0.5, 0.6) is 0 Å². The minimum atomic E-state index is -0.722. The Morgan fingerprint density at radius 1 is 1.15 bits per heavy atom. The highest BCUT2D eigenvalue weighted by atomic mass is 16.4. The molecule has 1 aliphatic heterocycles. The molecule has 0 spiro atoms. The van der Waals surface area contributed by atoms with Gasteiger partial charge in [-0.15, -0.1) is 0 Å². The van der Waals surface area contributed by atoms with Crippen LogP contribution in [0.2, 0.25) is 0 Å². The van der Waals surface area contributed by atoms with Crippen molar-refractivity contribution < 1.29 is 9.90 Å². The van der Waals surface area contributed by atoms with Gasteiger partial charge >= 0.3 is 5.97 Å². The first-order chi connectivity index (χ1) is 13.1. The molecule has 4 heteroatoms. The molecule has 0 aromatic heterocycles. The lowest BCUT2D eigenvalue weighted by atomic mass is 10.0. The summed E-state index contributed by atoms with van der Waals surface area (Å²) < 4.78 is 0. The molecule has 27 heavy (non-hydrogen) atoms. The van der Waals surface area contributed by atoms with Gasteiger partial charge in [0.2, 0.25) is 0 Å². The molecule has 144 valence electrons. The summed E-state index contributed by atoms with van der Waals surface area (Å²) >= 11 is 0. The summed E-state index contributed by atoms with van der Waals surface area (Å²) in [7, 11) is 0. The van der Waals surface area contributed by atoms with Gasteiger partial charge < -0.3 is 10.4 Å². The van der Waals surface area contributed by atoms with Crippen LogP contribution < -0.4 is 5.32 Å². The lowest BCUT2D eigenvalue weighted by Gasteiger charge is -2.26.